The molecule has 3 N–H and O–H groups in total. The first-order valence-corrected chi connectivity index (χ1v) is 7.46. The molecule has 0 aromatic heterocycles. The minimum Gasteiger partial charge on any atom is -0.348 e. The average molecular weight is 258 g/mol. The van der Waals surface area contributed by atoms with Crippen molar-refractivity contribution < 1.29 is 4.79 Å². The summed E-state index contributed by atoms with van der Waals surface area (Å²) in [6.07, 6.45) is 3.04. The summed E-state index contributed by atoms with van der Waals surface area (Å²) in [5.41, 5.74) is 5.56. The third-order valence-corrected chi connectivity index (χ3v) is 4.94. The summed E-state index contributed by atoms with van der Waals surface area (Å²) < 4.78 is -0.243. The van der Waals surface area contributed by atoms with Gasteiger partial charge in [-0.15, -0.1) is 11.8 Å². The van der Waals surface area contributed by atoms with Crippen molar-refractivity contribution in [2.24, 2.45) is 11.7 Å². The number of nitrogens with one attached hydrogen (secondary N) is 1. The van der Waals surface area contributed by atoms with E-state index in [4.69, 9.17) is 5.73 Å². The van der Waals surface area contributed by atoms with E-state index >= 15 is 0 Å². The Hall–Kier alpha value is -0.220. The lowest BCUT2D eigenvalue weighted by molar-refractivity contribution is -0.125. The van der Waals surface area contributed by atoms with Gasteiger partial charge in [0.1, 0.15) is 0 Å². The van der Waals surface area contributed by atoms with Gasteiger partial charge in [0.15, 0.2) is 0 Å². The fraction of sp³-hybridized carbons (Fsp3) is 0.923. The topological polar surface area (TPSA) is 55.1 Å². The molecule has 0 aliphatic carbocycles. The molecule has 0 bridgehead atoms. The number of carbonyl (C=O) groups is 1. The van der Waals surface area contributed by atoms with Crippen molar-refractivity contribution >= 4 is 17.7 Å². The van der Waals surface area contributed by atoms with Crippen LogP contribution in [0.1, 0.15) is 47.0 Å². The predicted molar refractivity (Wildman–Crippen MR) is 75.2 cm³/mol. The molecule has 100 valence electrons. The van der Waals surface area contributed by atoms with Crippen molar-refractivity contribution in [1.29, 1.82) is 0 Å². The van der Waals surface area contributed by atoms with E-state index in [1.807, 2.05) is 13.8 Å². The molecule has 1 aliphatic heterocycles. The highest BCUT2D eigenvalue weighted by molar-refractivity contribution is 8.01. The molecular weight excluding hydrogens is 232 g/mol. The molecule has 1 fully saturated rings. The zero-order valence-electron chi connectivity index (χ0n) is 11.5. The number of hydrogen-bond donors (Lipinski definition) is 2. The van der Waals surface area contributed by atoms with E-state index in [-0.39, 0.29) is 16.2 Å². The SMILES string of the molecule is CC(C)CC(C)(CN)NC(=O)C1(C)CCCS1. The summed E-state index contributed by atoms with van der Waals surface area (Å²) in [4.78, 5) is 12.3. The van der Waals surface area contributed by atoms with Crippen molar-refractivity contribution in [1.82, 2.24) is 5.32 Å². The number of hydrogen-bond acceptors (Lipinski definition) is 3. The first-order valence-electron chi connectivity index (χ1n) is 6.48. The lowest BCUT2D eigenvalue weighted by Gasteiger charge is -2.34. The van der Waals surface area contributed by atoms with Gasteiger partial charge in [-0.25, -0.2) is 0 Å². The minimum atomic E-state index is -0.266. The molecule has 0 aromatic carbocycles. The monoisotopic (exact) mass is 258 g/mol. The molecule has 0 spiro atoms. The van der Waals surface area contributed by atoms with Crippen LogP contribution in [0.2, 0.25) is 0 Å². The molecule has 2 unspecified atom stereocenters. The molecular formula is C13H26N2OS. The maximum atomic E-state index is 12.3. The maximum Gasteiger partial charge on any atom is 0.236 e. The summed E-state index contributed by atoms with van der Waals surface area (Å²) in [7, 11) is 0. The minimum absolute atomic E-state index is 0.161. The van der Waals surface area contributed by atoms with Gasteiger partial charge in [0.05, 0.1) is 4.75 Å². The van der Waals surface area contributed by atoms with Gasteiger partial charge < -0.3 is 11.1 Å². The van der Waals surface area contributed by atoms with Crippen LogP contribution in [0.25, 0.3) is 0 Å². The van der Waals surface area contributed by atoms with E-state index in [0.29, 0.717) is 12.5 Å². The van der Waals surface area contributed by atoms with Crippen LogP contribution < -0.4 is 11.1 Å². The van der Waals surface area contributed by atoms with Crippen LogP contribution in [0.15, 0.2) is 0 Å². The van der Waals surface area contributed by atoms with E-state index in [1.54, 1.807) is 11.8 Å². The van der Waals surface area contributed by atoms with E-state index in [0.717, 1.165) is 25.0 Å². The summed E-state index contributed by atoms with van der Waals surface area (Å²) in [6, 6.07) is 0. The van der Waals surface area contributed by atoms with Crippen LogP contribution in [0.3, 0.4) is 0 Å². The van der Waals surface area contributed by atoms with Crippen LogP contribution in [0.5, 0.6) is 0 Å². The molecule has 1 heterocycles. The highest BCUT2D eigenvalue weighted by Crippen LogP contribution is 2.38. The molecule has 2 atom stereocenters. The molecule has 0 saturated carbocycles. The summed E-state index contributed by atoms with van der Waals surface area (Å²) >= 11 is 1.77. The summed E-state index contributed by atoms with van der Waals surface area (Å²) in [5.74, 6) is 1.79. The van der Waals surface area contributed by atoms with E-state index < -0.39 is 0 Å². The standard InChI is InChI=1S/C13H26N2OS/c1-10(2)8-12(3,9-14)15-11(16)13(4)6-5-7-17-13/h10H,5-9,14H2,1-4H3,(H,15,16). The van der Waals surface area contributed by atoms with E-state index in [2.05, 4.69) is 19.2 Å². The Morgan fingerprint density at radius 2 is 2.24 bits per heavy atom. The van der Waals surface area contributed by atoms with Crippen molar-refractivity contribution in [2.45, 2.75) is 57.2 Å². The Labute approximate surface area is 109 Å². The zero-order chi connectivity index (χ0) is 13.1. The first-order chi connectivity index (χ1) is 7.81. The Morgan fingerprint density at radius 3 is 2.65 bits per heavy atom. The summed E-state index contributed by atoms with van der Waals surface area (Å²) in [6.45, 7) is 8.91. The van der Waals surface area contributed by atoms with Gasteiger partial charge in [-0.1, -0.05) is 13.8 Å². The molecule has 1 saturated heterocycles. The number of carbonyl (C=O) groups excluding carboxylic acids is 1. The van der Waals surface area contributed by atoms with Gasteiger partial charge in [0, 0.05) is 12.1 Å². The van der Waals surface area contributed by atoms with Gasteiger partial charge in [-0.2, -0.15) is 0 Å². The third-order valence-electron chi connectivity index (χ3n) is 3.42. The maximum absolute atomic E-state index is 12.3. The van der Waals surface area contributed by atoms with Crippen molar-refractivity contribution in [2.75, 3.05) is 12.3 Å². The fourth-order valence-corrected chi connectivity index (χ4v) is 3.66. The second-order valence-electron chi connectivity index (χ2n) is 6.00. The zero-order valence-corrected chi connectivity index (χ0v) is 12.3. The van der Waals surface area contributed by atoms with Gasteiger partial charge >= 0.3 is 0 Å². The quantitative estimate of drug-likeness (QED) is 0.794. The van der Waals surface area contributed by atoms with Gasteiger partial charge in [0.2, 0.25) is 5.91 Å². The second-order valence-corrected chi connectivity index (χ2v) is 7.60. The van der Waals surface area contributed by atoms with Crippen molar-refractivity contribution in [3.63, 3.8) is 0 Å². The molecule has 1 aliphatic rings. The highest BCUT2D eigenvalue weighted by atomic mass is 32.2. The molecule has 0 aromatic rings. The smallest absolute Gasteiger partial charge is 0.236 e. The second kappa shape index (κ2) is 5.61. The van der Waals surface area contributed by atoms with Gasteiger partial charge in [0.25, 0.3) is 0 Å². The largest absolute Gasteiger partial charge is 0.348 e. The Balaban J connectivity index is 2.64. The van der Waals surface area contributed by atoms with Gasteiger partial charge in [-0.3, -0.25) is 4.79 Å². The average Bonchev–Trinajstić information content (AvgIpc) is 2.65. The Bertz CT molecular complexity index is 275. The van der Waals surface area contributed by atoms with Crippen LogP contribution in [0, 0.1) is 5.92 Å². The molecule has 4 heteroatoms. The third kappa shape index (κ3) is 3.88. The van der Waals surface area contributed by atoms with E-state index in [9.17, 15) is 4.79 Å². The molecule has 0 radical (unpaired) electrons. The van der Waals surface area contributed by atoms with Gasteiger partial charge in [-0.05, 0) is 44.8 Å². The molecule has 1 amide bonds. The lowest BCUT2D eigenvalue weighted by Crippen LogP contribution is -2.56. The van der Waals surface area contributed by atoms with Crippen LogP contribution in [0.4, 0.5) is 0 Å². The predicted octanol–water partition coefficient (Wildman–Crippen LogP) is 2.15. The highest BCUT2D eigenvalue weighted by Gasteiger charge is 2.40. The van der Waals surface area contributed by atoms with E-state index in [1.165, 1.54) is 0 Å². The van der Waals surface area contributed by atoms with Crippen LogP contribution >= 0.6 is 11.8 Å². The Kier molecular flexibility index (Phi) is 4.90. The Morgan fingerprint density at radius 1 is 1.59 bits per heavy atom. The van der Waals surface area contributed by atoms with Crippen LogP contribution in [-0.2, 0) is 4.79 Å². The number of amides is 1. The number of rotatable bonds is 5. The number of nitrogens with two attached hydrogens (primary N) is 1. The molecule has 1 rings (SSSR count). The van der Waals surface area contributed by atoms with Crippen molar-refractivity contribution in [3.8, 4) is 0 Å². The first kappa shape index (κ1) is 14.8. The number of thioether (sulfide) groups is 1. The molecule has 17 heavy (non-hydrogen) atoms. The van der Waals surface area contributed by atoms with Crippen molar-refractivity contribution in [3.05, 3.63) is 0 Å². The van der Waals surface area contributed by atoms with Crippen LogP contribution in [-0.4, -0.2) is 28.5 Å². The summed E-state index contributed by atoms with van der Waals surface area (Å²) in [5, 5.41) is 3.17. The fourth-order valence-electron chi connectivity index (χ4n) is 2.45. The molecule has 3 nitrogen and oxygen atoms in total. The lowest BCUT2D eigenvalue weighted by atomic mass is 9.89. The normalized spacial score (nSPS) is 28.1.